The molecule has 1 aliphatic rings. The van der Waals surface area contributed by atoms with Crippen LogP contribution in [-0.2, 0) is 24.2 Å². The third-order valence-electron chi connectivity index (χ3n) is 6.67. The number of nitrogens with zero attached hydrogens (tertiary/aromatic N) is 1. The number of aryl methyl sites for hydroxylation is 1. The van der Waals surface area contributed by atoms with Crippen LogP contribution in [0.1, 0.15) is 46.8 Å². The van der Waals surface area contributed by atoms with Crippen molar-refractivity contribution in [3.8, 4) is 11.5 Å². The van der Waals surface area contributed by atoms with E-state index in [4.69, 9.17) is 16.3 Å². The van der Waals surface area contributed by atoms with Gasteiger partial charge in [-0.2, -0.15) is 0 Å². The van der Waals surface area contributed by atoms with Crippen LogP contribution in [0.25, 0.3) is 0 Å². The topological polar surface area (TPSA) is 130 Å². The van der Waals surface area contributed by atoms with Gasteiger partial charge in [-0.05, 0) is 61.1 Å². The Labute approximate surface area is 222 Å². The highest BCUT2D eigenvalue weighted by molar-refractivity contribution is 6.31. The number of amides is 2. The number of ether oxygens (including phenoxy) is 1. The van der Waals surface area contributed by atoms with Crippen LogP contribution >= 0.6 is 11.6 Å². The van der Waals surface area contributed by atoms with Gasteiger partial charge in [0.05, 0.1) is 26.1 Å². The van der Waals surface area contributed by atoms with E-state index in [2.05, 4.69) is 10.6 Å². The molecule has 0 saturated heterocycles. The maximum Gasteiger partial charge on any atom is 0.319 e. The van der Waals surface area contributed by atoms with Gasteiger partial charge >= 0.3 is 12.0 Å². The van der Waals surface area contributed by atoms with E-state index in [-0.39, 0.29) is 29.3 Å². The second kappa shape index (κ2) is 11.1. The monoisotopic (exact) mass is 543 g/mol. The molecule has 11 heteroatoms. The second-order valence-electron chi connectivity index (χ2n) is 9.07. The number of carboxylic acids is 1. The van der Waals surface area contributed by atoms with Crippen molar-refractivity contribution in [3.05, 3.63) is 85.5 Å². The van der Waals surface area contributed by atoms with Crippen molar-refractivity contribution in [2.24, 2.45) is 0 Å². The molecule has 1 heterocycles. The number of carbonyl (C=O) groups excluding carboxylic acids is 1. The average molecular weight is 544 g/mol. The number of methoxy groups -OCH3 is 1. The Kier molecular flexibility index (Phi) is 7.91. The summed E-state index contributed by atoms with van der Waals surface area (Å²) < 4.78 is 20.6. The molecule has 4 rings (SSSR count). The number of hydrogen-bond donors (Lipinski definition) is 4. The van der Waals surface area contributed by atoms with Gasteiger partial charge in [-0.1, -0.05) is 29.8 Å². The normalized spacial score (nSPS) is 13.1. The van der Waals surface area contributed by atoms with E-state index < -0.39 is 35.8 Å². The number of carbonyl (C=O) groups is 2. The lowest BCUT2D eigenvalue weighted by Crippen LogP contribution is -2.37. The smallest absolute Gasteiger partial charge is 0.319 e. The number of halogens is 2. The molecule has 2 aromatic carbocycles. The molecule has 1 aromatic heterocycles. The summed E-state index contributed by atoms with van der Waals surface area (Å²) in [6.07, 6.45) is 1.28. The molecule has 0 bridgehead atoms. The molecule has 3 aromatic rings. The van der Waals surface area contributed by atoms with Crippen LogP contribution in [0.15, 0.2) is 41.2 Å². The molecular formula is C27H27ClFN3O6. The maximum absolute atomic E-state index is 14.3. The van der Waals surface area contributed by atoms with Crippen LogP contribution in [0.2, 0.25) is 5.02 Å². The number of urea groups is 1. The molecule has 38 heavy (non-hydrogen) atoms. The molecule has 1 atom stereocenters. The van der Waals surface area contributed by atoms with Crippen molar-refractivity contribution in [1.82, 2.24) is 9.88 Å². The molecule has 0 unspecified atom stereocenters. The number of hydrogen-bond acceptors (Lipinski definition) is 5. The van der Waals surface area contributed by atoms with Crippen LogP contribution in [0, 0.1) is 12.7 Å². The number of rotatable bonds is 8. The molecule has 4 N–H and O–H groups in total. The summed E-state index contributed by atoms with van der Waals surface area (Å²) in [5.41, 5.74) is 2.10. The molecule has 0 radical (unpaired) electrons. The Balaban J connectivity index is 1.66. The number of nitrogens with one attached hydrogen (secondary N) is 2. The average Bonchev–Trinajstić information content (AvgIpc) is 3.35. The largest absolute Gasteiger partial charge is 0.505 e. The number of aromatic hydroxyl groups is 1. The van der Waals surface area contributed by atoms with Gasteiger partial charge in [0.1, 0.15) is 5.75 Å². The number of pyridine rings is 1. The summed E-state index contributed by atoms with van der Waals surface area (Å²) >= 11 is 6.40. The molecule has 1 aliphatic carbocycles. The van der Waals surface area contributed by atoms with E-state index in [1.165, 1.54) is 23.8 Å². The highest BCUT2D eigenvalue weighted by Gasteiger charge is 2.27. The second-order valence-corrected chi connectivity index (χ2v) is 9.48. The Morgan fingerprint density at radius 3 is 2.66 bits per heavy atom. The van der Waals surface area contributed by atoms with E-state index in [1.807, 2.05) is 19.1 Å². The molecule has 2 amide bonds. The van der Waals surface area contributed by atoms with Crippen LogP contribution in [0.3, 0.4) is 0 Å². The van der Waals surface area contributed by atoms with Crippen LogP contribution in [-0.4, -0.2) is 33.9 Å². The first-order chi connectivity index (χ1) is 18.1. The summed E-state index contributed by atoms with van der Waals surface area (Å²) in [7, 11) is 1.29. The fourth-order valence-electron chi connectivity index (χ4n) is 4.73. The summed E-state index contributed by atoms with van der Waals surface area (Å²) in [5.74, 6) is -2.32. The Morgan fingerprint density at radius 2 is 2.00 bits per heavy atom. The third-order valence-corrected chi connectivity index (χ3v) is 7.02. The van der Waals surface area contributed by atoms with E-state index in [0.717, 1.165) is 23.6 Å². The predicted octanol–water partition coefficient (Wildman–Crippen LogP) is 4.54. The van der Waals surface area contributed by atoms with Crippen LogP contribution < -0.4 is 20.9 Å². The molecule has 0 saturated carbocycles. The minimum Gasteiger partial charge on any atom is -0.505 e. The van der Waals surface area contributed by atoms with Crippen molar-refractivity contribution < 1.29 is 28.9 Å². The van der Waals surface area contributed by atoms with Gasteiger partial charge in [-0.25, -0.2) is 9.18 Å². The van der Waals surface area contributed by atoms with E-state index in [0.29, 0.717) is 29.1 Å². The first-order valence-electron chi connectivity index (χ1n) is 11.9. The standard InChI is InChI=1S/C27H27ClFN3O6/c1-14-5-3-7-18(28)17(14)13-32-21-8-4-6-16(21)25(35)24(26(32)36)31-27(37)30-20(12-23(33)34)15-9-10-22(38-2)19(29)11-15/h3,5,7,9-11,20,35H,4,6,8,12-13H2,1-2H3,(H,33,34)(H2,30,31,37)/t20-/m0/s1. The van der Waals surface area contributed by atoms with Gasteiger partial charge in [-0.3, -0.25) is 9.59 Å². The Hall–Kier alpha value is -4.05. The van der Waals surface area contributed by atoms with Gasteiger partial charge in [0.2, 0.25) is 0 Å². The molecule has 0 aliphatic heterocycles. The van der Waals surface area contributed by atoms with Gasteiger partial charge < -0.3 is 30.2 Å². The number of carboxylic acid groups (broad SMARTS) is 1. The van der Waals surface area contributed by atoms with E-state index in [1.54, 1.807) is 6.07 Å². The van der Waals surface area contributed by atoms with Crippen LogP contribution in [0.4, 0.5) is 14.9 Å². The number of aliphatic carboxylic acids is 1. The highest BCUT2D eigenvalue weighted by atomic mass is 35.5. The molecular weight excluding hydrogens is 517 g/mol. The molecule has 200 valence electrons. The summed E-state index contributed by atoms with van der Waals surface area (Å²) in [6, 6.07) is 7.18. The van der Waals surface area contributed by atoms with Gasteiger partial charge in [0, 0.05) is 16.3 Å². The number of aromatic nitrogens is 1. The van der Waals surface area contributed by atoms with Crippen molar-refractivity contribution in [2.75, 3.05) is 12.4 Å². The van der Waals surface area contributed by atoms with Gasteiger partial charge in [0.25, 0.3) is 5.56 Å². The van der Waals surface area contributed by atoms with E-state index >= 15 is 0 Å². The Bertz CT molecular complexity index is 1450. The van der Waals surface area contributed by atoms with Crippen molar-refractivity contribution in [1.29, 1.82) is 0 Å². The first-order valence-corrected chi connectivity index (χ1v) is 12.3. The van der Waals surface area contributed by atoms with Crippen molar-refractivity contribution >= 4 is 29.3 Å². The molecule has 0 fully saturated rings. The quantitative estimate of drug-likeness (QED) is 0.330. The zero-order chi connectivity index (χ0) is 27.6. The van der Waals surface area contributed by atoms with E-state index in [9.17, 15) is 29.0 Å². The zero-order valence-electron chi connectivity index (χ0n) is 20.8. The fraction of sp³-hybridized carbons (Fsp3) is 0.296. The SMILES string of the molecule is COc1ccc([C@H](CC(=O)O)NC(=O)Nc2c(O)c3c(n(Cc4c(C)cccc4Cl)c2=O)CCC3)cc1F. The lowest BCUT2D eigenvalue weighted by molar-refractivity contribution is -0.137. The molecule has 9 nitrogen and oxygen atoms in total. The zero-order valence-corrected chi connectivity index (χ0v) is 21.6. The van der Waals surface area contributed by atoms with Gasteiger partial charge in [-0.15, -0.1) is 0 Å². The van der Waals surface area contributed by atoms with Gasteiger partial charge in [0.15, 0.2) is 17.3 Å². The highest BCUT2D eigenvalue weighted by Crippen LogP contribution is 2.34. The summed E-state index contributed by atoms with van der Waals surface area (Å²) in [6.45, 7) is 2.03. The minimum atomic E-state index is -1.23. The number of fused-ring (bicyclic) bond motifs is 1. The summed E-state index contributed by atoms with van der Waals surface area (Å²) in [4.78, 5) is 37.9. The van der Waals surface area contributed by atoms with Crippen molar-refractivity contribution in [2.45, 2.75) is 45.2 Å². The minimum absolute atomic E-state index is 0.0374. The predicted molar refractivity (Wildman–Crippen MR) is 140 cm³/mol. The lowest BCUT2D eigenvalue weighted by Gasteiger charge is -2.21. The maximum atomic E-state index is 14.3. The fourth-order valence-corrected chi connectivity index (χ4v) is 5.01. The number of benzene rings is 2. The number of anilines is 1. The first kappa shape index (κ1) is 27.0. The lowest BCUT2D eigenvalue weighted by atomic mass is 10.0. The summed E-state index contributed by atoms with van der Waals surface area (Å²) in [5, 5.41) is 25.6. The van der Waals surface area contributed by atoms with Crippen LogP contribution in [0.5, 0.6) is 11.5 Å². The third kappa shape index (κ3) is 5.45. The van der Waals surface area contributed by atoms with Crippen molar-refractivity contribution in [3.63, 3.8) is 0 Å². The molecule has 0 spiro atoms. The Morgan fingerprint density at radius 1 is 1.24 bits per heavy atom.